The van der Waals surface area contributed by atoms with Gasteiger partial charge in [0.15, 0.2) is 0 Å². The van der Waals surface area contributed by atoms with E-state index in [1.807, 2.05) is 12.4 Å². The molecule has 0 fully saturated rings. The lowest BCUT2D eigenvalue weighted by atomic mass is 10.1. The lowest BCUT2D eigenvalue weighted by Crippen LogP contribution is -2.03. The summed E-state index contributed by atoms with van der Waals surface area (Å²) in [6, 6.07) is 6.33. The average molecular weight is 259 g/mol. The summed E-state index contributed by atoms with van der Waals surface area (Å²) < 4.78 is 7.43. The Bertz CT molecular complexity index is 534. The monoisotopic (exact) mass is 259 g/mol. The molecule has 0 radical (unpaired) electrons. The predicted octanol–water partition coefficient (Wildman–Crippen LogP) is 2.00. The molecule has 0 aliphatic carbocycles. The van der Waals surface area contributed by atoms with Crippen molar-refractivity contribution in [2.45, 2.75) is 26.3 Å². The van der Waals surface area contributed by atoms with E-state index >= 15 is 0 Å². The number of nitrogens with zero attached hydrogens (tertiary/aromatic N) is 2. The average Bonchev–Trinajstić information content (AvgIpc) is 2.86. The number of ether oxygens (including phenoxy) is 1. The van der Waals surface area contributed by atoms with Gasteiger partial charge in [-0.05, 0) is 30.2 Å². The molecule has 1 aromatic carbocycles. The van der Waals surface area contributed by atoms with Crippen LogP contribution in [0.2, 0.25) is 0 Å². The summed E-state index contributed by atoms with van der Waals surface area (Å²) >= 11 is 0. The van der Waals surface area contributed by atoms with Crippen LogP contribution in [0.1, 0.15) is 23.7 Å². The van der Waals surface area contributed by atoms with Gasteiger partial charge in [0, 0.05) is 19.2 Å². The molecule has 0 unspecified atom stereocenters. The third-order valence-corrected chi connectivity index (χ3v) is 3.18. The lowest BCUT2D eigenvalue weighted by Gasteiger charge is -2.09. The molecule has 0 aliphatic heterocycles. The summed E-state index contributed by atoms with van der Waals surface area (Å²) in [5, 5.41) is 0. The maximum absolute atomic E-state index is 5.53. The molecule has 0 aliphatic rings. The molecule has 0 atom stereocenters. The van der Waals surface area contributed by atoms with E-state index in [1.54, 1.807) is 7.11 Å². The van der Waals surface area contributed by atoms with Crippen LogP contribution in [0.25, 0.3) is 0 Å². The molecule has 0 saturated carbocycles. The van der Waals surface area contributed by atoms with Crippen molar-refractivity contribution in [2.75, 3.05) is 13.7 Å². The van der Waals surface area contributed by atoms with Crippen molar-refractivity contribution in [3.05, 3.63) is 47.5 Å². The maximum atomic E-state index is 5.53. The van der Waals surface area contributed by atoms with Crippen LogP contribution in [0.3, 0.4) is 0 Å². The fraction of sp³-hybridized carbons (Fsp3) is 0.400. The van der Waals surface area contributed by atoms with E-state index in [2.05, 4.69) is 34.8 Å². The highest BCUT2D eigenvalue weighted by Crippen LogP contribution is 2.20. The fourth-order valence-corrected chi connectivity index (χ4v) is 2.19. The van der Waals surface area contributed by atoms with Crippen molar-refractivity contribution in [2.24, 2.45) is 5.73 Å². The van der Waals surface area contributed by atoms with Crippen molar-refractivity contribution < 1.29 is 4.74 Å². The molecule has 4 heteroatoms. The van der Waals surface area contributed by atoms with Crippen LogP contribution in [0.5, 0.6) is 5.75 Å². The number of nitrogens with two attached hydrogens (primary N) is 1. The van der Waals surface area contributed by atoms with Crippen LogP contribution in [-0.4, -0.2) is 23.2 Å². The molecule has 0 bridgehead atoms. The second kappa shape index (κ2) is 6.38. The number of benzene rings is 1. The van der Waals surface area contributed by atoms with Gasteiger partial charge in [0.1, 0.15) is 5.75 Å². The van der Waals surface area contributed by atoms with Crippen molar-refractivity contribution in [3.8, 4) is 5.75 Å². The number of hydrogen-bond acceptors (Lipinski definition) is 3. The van der Waals surface area contributed by atoms with Gasteiger partial charge in [-0.3, -0.25) is 0 Å². The number of imidazole rings is 1. The molecule has 2 aromatic rings. The first-order valence-corrected chi connectivity index (χ1v) is 6.63. The van der Waals surface area contributed by atoms with E-state index in [1.165, 1.54) is 11.1 Å². The van der Waals surface area contributed by atoms with Crippen molar-refractivity contribution >= 4 is 0 Å². The molecule has 1 aromatic heterocycles. The van der Waals surface area contributed by atoms with Crippen LogP contribution < -0.4 is 10.5 Å². The number of aryl methyl sites for hydroxylation is 1. The smallest absolute Gasteiger partial charge is 0.122 e. The quantitative estimate of drug-likeness (QED) is 0.863. The largest absolute Gasteiger partial charge is 0.496 e. The fourth-order valence-electron chi connectivity index (χ4n) is 2.19. The number of aromatic nitrogens is 2. The molecule has 0 spiro atoms. The highest BCUT2D eigenvalue weighted by molar-refractivity contribution is 5.37. The molecular formula is C15H21N3O. The van der Waals surface area contributed by atoms with Crippen molar-refractivity contribution in [3.63, 3.8) is 0 Å². The Kier molecular flexibility index (Phi) is 4.58. The molecule has 4 nitrogen and oxygen atoms in total. The zero-order chi connectivity index (χ0) is 13.7. The van der Waals surface area contributed by atoms with E-state index in [0.29, 0.717) is 6.54 Å². The molecule has 102 valence electrons. The van der Waals surface area contributed by atoms with Gasteiger partial charge in [0.25, 0.3) is 0 Å². The van der Waals surface area contributed by atoms with Gasteiger partial charge < -0.3 is 15.0 Å². The van der Waals surface area contributed by atoms with Crippen molar-refractivity contribution in [1.29, 1.82) is 0 Å². The first-order valence-electron chi connectivity index (χ1n) is 6.63. The van der Waals surface area contributed by atoms with Crippen LogP contribution in [0.15, 0.2) is 30.7 Å². The Morgan fingerprint density at radius 3 is 2.89 bits per heavy atom. The third kappa shape index (κ3) is 3.35. The lowest BCUT2D eigenvalue weighted by molar-refractivity contribution is 0.410. The Labute approximate surface area is 114 Å². The van der Waals surface area contributed by atoms with Gasteiger partial charge in [-0.25, -0.2) is 4.98 Å². The van der Waals surface area contributed by atoms with Crippen LogP contribution in [-0.2, 0) is 19.4 Å². The van der Waals surface area contributed by atoms with Gasteiger partial charge in [-0.15, -0.1) is 0 Å². The highest BCUT2D eigenvalue weighted by atomic mass is 16.5. The second-order valence-corrected chi connectivity index (χ2v) is 4.58. The van der Waals surface area contributed by atoms with E-state index in [9.17, 15) is 0 Å². The van der Waals surface area contributed by atoms with Crippen LogP contribution >= 0.6 is 0 Å². The van der Waals surface area contributed by atoms with Gasteiger partial charge in [0.05, 0.1) is 19.1 Å². The third-order valence-electron chi connectivity index (χ3n) is 3.18. The van der Waals surface area contributed by atoms with E-state index in [-0.39, 0.29) is 0 Å². The summed E-state index contributed by atoms with van der Waals surface area (Å²) in [6.07, 6.45) is 5.72. The standard InChI is InChI=1S/C15H21N3O/c1-3-13-8-12(4-5-15(13)19-2)9-18-10-14(6-7-16)17-11-18/h4-5,8,10-11H,3,6-7,9,16H2,1-2H3. The highest BCUT2D eigenvalue weighted by Gasteiger charge is 2.04. The number of rotatable bonds is 6. The Hall–Kier alpha value is -1.81. The first kappa shape index (κ1) is 13.6. The molecule has 19 heavy (non-hydrogen) atoms. The van der Waals surface area contributed by atoms with Gasteiger partial charge in [-0.2, -0.15) is 0 Å². The topological polar surface area (TPSA) is 53.1 Å². The number of methoxy groups -OCH3 is 1. The van der Waals surface area contributed by atoms with Gasteiger partial charge in [0.2, 0.25) is 0 Å². The summed E-state index contributed by atoms with van der Waals surface area (Å²) in [6.45, 7) is 3.60. The van der Waals surface area contributed by atoms with Crippen LogP contribution in [0, 0.1) is 0 Å². The minimum atomic E-state index is 0.638. The van der Waals surface area contributed by atoms with E-state index < -0.39 is 0 Å². The summed E-state index contributed by atoms with van der Waals surface area (Å²) in [4.78, 5) is 4.34. The SMILES string of the molecule is CCc1cc(Cn2cnc(CCN)c2)ccc1OC. The van der Waals surface area contributed by atoms with Crippen molar-refractivity contribution in [1.82, 2.24) is 9.55 Å². The minimum absolute atomic E-state index is 0.638. The van der Waals surface area contributed by atoms with Gasteiger partial charge in [-0.1, -0.05) is 19.1 Å². The molecular weight excluding hydrogens is 238 g/mol. The summed E-state index contributed by atoms with van der Waals surface area (Å²) in [5.41, 5.74) is 9.07. The Balaban J connectivity index is 2.13. The molecule has 2 N–H and O–H groups in total. The summed E-state index contributed by atoms with van der Waals surface area (Å²) in [5.74, 6) is 0.959. The molecule has 1 heterocycles. The molecule has 2 rings (SSSR count). The Morgan fingerprint density at radius 1 is 1.37 bits per heavy atom. The maximum Gasteiger partial charge on any atom is 0.122 e. The second-order valence-electron chi connectivity index (χ2n) is 4.58. The number of hydrogen-bond donors (Lipinski definition) is 1. The Morgan fingerprint density at radius 2 is 2.21 bits per heavy atom. The van der Waals surface area contributed by atoms with E-state index in [4.69, 9.17) is 10.5 Å². The van der Waals surface area contributed by atoms with Crippen LogP contribution in [0.4, 0.5) is 0 Å². The molecule has 0 saturated heterocycles. The van der Waals surface area contributed by atoms with Gasteiger partial charge >= 0.3 is 0 Å². The predicted molar refractivity (Wildman–Crippen MR) is 76.5 cm³/mol. The first-order chi connectivity index (χ1) is 9.26. The molecule has 0 amide bonds. The summed E-state index contributed by atoms with van der Waals surface area (Å²) in [7, 11) is 1.71. The normalized spacial score (nSPS) is 10.7. The zero-order valence-electron chi connectivity index (χ0n) is 11.6. The zero-order valence-corrected chi connectivity index (χ0v) is 11.6. The minimum Gasteiger partial charge on any atom is -0.496 e. The van der Waals surface area contributed by atoms with E-state index in [0.717, 1.165) is 30.8 Å².